The van der Waals surface area contributed by atoms with Gasteiger partial charge in [0.25, 0.3) is 0 Å². The van der Waals surface area contributed by atoms with Crippen molar-refractivity contribution in [2.45, 2.75) is 30.8 Å². The number of halogens is 3. The highest BCUT2D eigenvalue weighted by Gasteiger charge is 2.26. The lowest BCUT2D eigenvalue weighted by molar-refractivity contribution is -0.134. The Kier molecular flexibility index (Phi) is 5.22. The van der Waals surface area contributed by atoms with Crippen molar-refractivity contribution in [2.75, 3.05) is 17.6 Å². The second kappa shape index (κ2) is 6.27. The summed E-state index contributed by atoms with van der Waals surface area (Å²) in [7, 11) is -3.38. The van der Waals surface area contributed by atoms with E-state index in [9.17, 15) is 21.6 Å². The lowest BCUT2D eigenvalue weighted by Gasteiger charge is -2.12. The molecular weight excluding hydrogens is 279 g/mol. The van der Waals surface area contributed by atoms with E-state index in [2.05, 4.69) is 5.32 Å². The topological polar surface area (TPSA) is 46.2 Å². The quantitative estimate of drug-likeness (QED) is 0.820. The SMILES string of the molecule is CCS(=O)(=O)c1ccccc1NCCCC(F)(F)F. The van der Waals surface area contributed by atoms with Gasteiger partial charge in [-0.3, -0.25) is 0 Å². The molecule has 1 aromatic rings. The lowest BCUT2D eigenvalue weighted by Crippen LogP contribution is -2.13. The maximum Gasteiger partial charge on any atom is 0.389 e. The standard InChI is InChI=1S/C12H16F3NO2S/c1-2-19(17,18)11-7-4-3-6-10(11)16-9-5-8-12(13,14)15/h3-4,6-7,16H,2,5,8-9H2,1H3. The summed E-state index contributed by atoms with van der Waals surface area (Å²) in [4.78, 5) is 0.129. The van der Waals surface area contributed by atoms with Crippen LogP contribution in [0.1, 0.15) is 19.8 Å². The molecule has 7 heteroatoms. The van der Waals surface area contributed by atoms with Crippen molar-refractivity contribution < 1.29 is 21.6 Å². The number of sulfone groups is 1. The van der Waals surface area contributed by atoms with Gasteiger partial charge in [0.1, 0.15) is 0 Å². The van der Waals surface area contributed by atoms with Crippen LogP contribution >= 0.6 is 0 Å². The molecule has 0 atom stereocenters. The van der Waals surface area contributed by atoms with E-state index in [0.29, 0.717) is 5.69 Å². The zero-order valence-electron chi connectivity index (χ0n) is 10.5. The molecule has 0 heterocycles. The zero-order chi connectivity index (χ0) is 14.5. The molecule has 1 rings (SSSR count). The smallest absolute Gasteiger partial charge is 0.384 e. The minimum absolute atomic E-state index is 0.0474. The summed E-state index contributed by atoms with van der Waals surface area (Å²) in [6, 6.07) is 6.23. The summed E-state index contributed by atoms with van der Waals surface area (Å²) in [6.07, 6.45) is -5.16. The number of rotatable bonds is 6. The van der Waals surface area contributed by atoms with Crippen molar-refractivity contribution >= 4 is 15.5 Å². The predicted octanol–water partition coefficient (Wildman–Crippen LogP) is 3.23. The van der Waals surface area contributed by atoms with Crippen molar-refractivity contribution in [3.63, 3.8) is 0 Å². The van der Waals surface area contributed by atoms with Gasteiger partial charge < -0.3 is 5.32 Å². The Morgan fingerprint density at radius 1 is 1.21 bits per heavy atom. The fraction of sp³-hybridized carbons (Fsp3) is 0.500. The van der Waals surface area contributed by atoms with Gasteiger partial charge in [-0.1, -0.05) is 19.1 Å². The van der Waals surface area contributed by atoms with Gasteiger partial charge in [-0.2, -0.15) is 13.2 Å². The van der Waals surface area contributed by atoms with Crippen molar-refractivity contribution in [1.29, 1.82) is 0 Å². The molecule has 0 spiro atoms. The third-order valence-corrected chi connectivity index (χ3v) is 4.34. The highest BCUT2D eigenvalue weighted by atomic mass is 32.2. The van der Waals surface area contributed by atoms with Crippen LogP contribution in [-0.2, 0) is 9.84 Å². The van der Waals surface area contributed by atoms with E-state index in [1.54, 1.807) is 18.2 Å². The van der Waals surface area contributed by atoms with Crippen LogP contribution in [0.2, 0.25) is 0 Å². The van der Waals surface area contributed by atoms with Crippen molar-refractivity contribution in [1.82, 2.24) is 0 Å². The second-order valence-electron chi connectivity index (χ2n) is 4.05. The summed E-state index contributed by atoms with van der Waals surface area (Å²) < 4.78 is 59.5. The Morgan fingerprint density at radius 2 is 1.84 bits per heavy atom. The molecular formula is C12H16F3NO2S. The molecule has 0 aliphatic rings. The Hall–Kier alpha value is -1.24. The van der Waals surface area contributed by atoms with Gasteiger partial charge in [0.15, 0.2) is 9.84 Å². The minimum Gasteiger partial charge on any atom is -0.384 e. The van der Waals surface area contributed by atoms with E-state index in [0.717, 1.165) is 0 Å². The summed E-state index contributed by atoms with van der Waals surface area (Å²) >= 11 is 0. The largest absolute Gasteiger partial charge is 0.389 e. The monoisotopic (exact) mass is 295 g/mol. The first-order valence-corrected chi connectivity index (χ1v) is 7.54. The van der Waals surface area contributed by atoms with E-state index in [1.165, 1.54) is 13.0 Å². The molecule has 0 unspecified atom stereocenters. The van der Waals surface area contributed by atoms with E-state index < -0.39 is 22.4 Å². The molecule has 19 heavy (non-hydrogen) atoms. The van der Waals surface area contributed by atoms with Gasteiger partial charge in [-0.25, -0.2) is 8.42 Å². The number of hydrogen-bond donors (Lipinski definition) is 1. The van der Waals surface area contributed by atoms with Crippen LogP contribution in [-0.4, -0.2) is 26.9 Å². The highest BCUT2D eigenvalue weighted by molar-refractivity contribution is 7.91. The van der Waals surface area contributed by atoms with Crippen LogP contribution in [0.5, 0.6) is 0 Å². The fourth-order valence-electron chi connectivity index (χ4n) is 1.55. The van der Waals surface area contributed by atoms with E-state index in [1.807, 2.05) is 0 Å². The number of anilines is 1. The highest BCUT2D eigenvalue weighted by Crippen LogP contribution is 2.24. The summed E-state index contributed by atoms with van der Waals surface area (Å²) in [5, 5.41) is 2.75. The normalized spacial score (nSPS) is 12.4. The number of para-hydroxylation sites is 1. The van der Waals surface area contributed by atoms with Gasteiger partial charge in [0.05, 0.1) is 16.3 Å². The van der Waals surface area contributed by atoms with Gasteiger partial charge in [-0.05, 0) is 18.6 Å². The van der Waals surface area contributed by atoms with Gasteiger partial charge >= 0.3 is 6.18 Å². The molecule has 0 amide bonds. The number of hydrogen-bond acceptors (Lipinski definition) is 3. The molecule has 1 N–H and O–H groups in total. The fourth-order valence-corrected chi connectivity index (χ4v) is 2.62. The zero-order valence-corrected chi connectivity index (χ0v) is 11.3. The molecule has 3 nitrogen and oxygen atoms in total. The molecule has 0 aliphatic heterocycles. The Balaban J connectivity index is 2.70. The molecule has 0 fully saturated rings. The number of nitrogens with one attached hydrogen (secondary N) is 1. The van der Waals surface area contributed by atoms with Crippen LogP contribution in [0.15, 0.2) is 29.2 Å². The summed E-state index contributed by atoms with van der Waals surface area (Å²) in [5.41, 5.74) is 0.353. The van der Waals surface area contributed by atoms with Crippen LogP contribution < -0.4 is 5.32 Å². The van der Waals surface area contributed by atoms with E-state index in [-0.39, 0.29) is 23.6 Å². The molecule has 0 radical (unpaired) electrons. The van der Waals surface area contributed by atoms with Crippen LogP contribution in [0.25, 0.3) is 0 Å². The van der Waals surface area contributed by atoms with E-state index >= 15 is 0 Å². The maximum atomic E-state index is 12.0. The second-order valence-corrected chi connectivity index (χ2v) is 6.29. The molecule has 0 aromatic heterocycles. The maximum absolute atomic E-state index is 12.0. The Labute approximate surface area is 110 Å². The van der Waals surface area contributed by atoms with Crippen molar-refractivity contribution in [3.8, 4) is 0 Å². The third kappa shape index (κ3) is 5.10. The Morgan fingerprint density at radius 3 is 2.42 bits per heavy atom. The number of alkyl halides is 3. The average molecular weight is 295 g/mol. The number of benzene rings is 1. The van der Waals surface area contributed by atoms with E-state index in [4.69, 9.17) is 0 Å². The first kappa shape index (κ1) is 15.8. The first-order valence-electron chi connectivity index (χ1n) is 5.88. The molecule has 0 saturated carbocycles. The molecule has 0 saturated heterocycles. The molecule has 108 valence electrons. The average Bonchev–Trinajstić information content (AvgIpc) is 2.34. The lowest BCUT2D eigenvalue weighted by atomic mass is 10.2. The summed E-state index contributed by atoms with van der Waals surface area (Å²) in [6.45, 7) is 1.60. The van der Waals surface area contributed by atoms with Gasteiger partial charge in [0, 0.05) is 13.0 Å². The molecule has 0 bridgehead atoms. The molecule has 0 aliphatic carbocycles. The van der Waals surface area contributed by atoms with Crippen LogP contribution in [0.3, 0.4) is 0 Å². The van der Waals surface area contributed by atoms with Crippen molar-refractivity contribution in [2.24, 2.45) is 0 Å². The Bertz CT molecular complexity index is 512. The summed E-state index contributed by atoms with van der Waals surface area (Å²) in [5.74, 6) is -0.0474. The van der Waals surface area contributed by atoms with Crippen LogP contribution in [0.4, 0.5) is 18.9 Å². The van der Waals surface area contributed by atoms with Crippen LogP contribution in [0, 0.1) is 0 Å². The van der Waals surface area contributed by atoms with Crippen molar-refractivity contribution in [3.05, 3.63) is 24.3 Å². The van der Waals surface area contributed by atoms with Gasteiger partial charge in [-0.15, -0.1) is 0 Å². The predicted molar refractivity (Wildman–Crippen MR) is 67.9 cm³/mol. The minimum atomic E-state index is -4.18. The molecule has 1 aromatic carbocycles. The first-order chi connectivity index (χ1) is 8.76. The third-order valence-electron chi connectivity index (χ3n) is 2.55. The van der Waals surface area contributed by atoms with Gasteiger partial charge in [0.2, 0.25) is 0 Å².